The molecule has 14 heavy (non-hydrogen) atoms. The summed E-state index contributed by atoms with van der Waals surface area (Å²) in [5.74, 6) is 0.0000231. The first-order valence-electron chi connectivity index (χ1n) is 5.19. The van der Waals surface area contributed by atoms with E-state index < -0.39 is 5.60 Å². The Bertz CT molecular complexity index is 208. The van der Waals surface area contributed by atoms with E-state index in [9.17, 15) is 9.90 Å². The van der Waals surface area contributed by atoms with Crippen LogP contribution in [0.4, 0.5) is 0 Å². The Labute approximate surface area is 84.6 Å². The van der Waals surface area contributed by atoms with Crippen LogP contribution in [0.25, 0.3) is 0 Å². The molecule has 1 amide bonds. The number of carbonyl (C=O) groups is 1. The first kappa shape index (κ1) is 11.5. The molecule has 0 aromatic rings. The van der Waals surface area contributed by atoms with Gasteiger partial charge in [0.05, 0.1) is 6.10 Å². The van der Waals surface area contributed by atoms with Crippen molar-refractivity contribution in [1.82, 2.24) is 5.32 Å². The number of carbonyl (C=O) groups excluding carboxylic acids is 1. The molecule has 0 aliphatic carbocycles. The lowest BCUT2D eigenvalue weighted by Gasteiger charge is -2.26. The van der Waals surface area contributed by atoms with Crippen molar-refractivity contribution in [2.75, 3.05) is 13.2 Å². The molecule has 82 valence electrons. The topological polar surface area (TPSA) is 58.6 Å². The van der Waals surface area contributed by atoms with Gasteiger partial charge in [-0.25, -0.2) is 0 Å². The minimum absolute atomic E-state index is 0.0000231. The van der Waals surface area contributed by atoms with Crippen LogP contribution in [0.5, 0.6) is 0 Å². The first-order chi connectivity index (χ1) is 6.58. The third-order valence-corrected chi connectivity index (χ3v) is 2.73. The van der Waals surface area contributed by atoms with Gasteiger partial charge in [0.1, 0.15) is 5.60 Å². The van der Waals surface area contributed by atoms with Gasteiger partial charge in [0.2, 0.25) is 5.91 Å². The van der Waals surface area contributed by atoms with Crippen molar-refractivity contribution in [3.05, 3.63) is 0 Å². The number of amides is 1. The van der Waals surface area contributed by atoms with Crippen LogP contribution in [0.1, 0.15) is 33.1 Å². The van der Waals surface area contributed by atoms with Gasteiger partial charge in [0.15, 0.2) is 0 Å². The second-order valence-electron chi connectivity index (χ2n) is 3.89. The van der Waals surface area contributed by atoms with Gasteiger partial charge in [-0.3, -0.25) is 4.79 Å². The van der Waals surface area contributed by atoms with Gasteiger partial charge in [0, 0.05) is 26.0 Å². The molecule has 2 unspecified atom stereocenters. The van der Waals surface area contributed by atoms with E-state index in [0.717, 1.165) is 6.42 Å². The minimum Gasteiger partial charge on any atom is -0.385 e. The molecule has 1 heterocycles. The lowest BCUT2D eigenvalue weighted by atomic mass is 9.97. The summed E-state index contributed by atoms with van der Waals surface area (Å²) in [7, 11) is 0. The molecule has 0 aromatic carbocycles. The SMILES string of the molecule is CCCC(=O)NCC1(O)CCOC1C. The Kier molecular flexibility index (Phi) is 3.89. The maximum atomic E-state index is 11.2. The van der Waals surface area contributed by atoms with Gasteiger partial charge in [-0.1, -0.05) is 6.92 Å². The van der Waals surface area contributed by atoms with Gasteiger partial charge in [-0.2, -0.15) is 0 Å². The third kappa shape index (κ3) is 2.69. The zero-order chi connectivity index (χ0) is 10.6. The fourth-order valence-electron chi connectivity index (χ4n) is 1.57. The smallest absolute Gasteiger partial charge is 0.220 e. The summed E-state index contributed by atoms with van der Waals surface area (Å²) in [6.45, 7) is 4.66. The lowest BCUT2D eigenvalue weighted by Crippen LogP contribution is -2.47. The average molecular weight is 201 g/mol. The van der Waals surface area contributed by atoms with Crippen molar-refractivity contribution >= 4 is 5.91 Å². The molecule has 1 saturated heterocycles. The highest BCUT2D eigenvalue weighted by molar-refractivity contribution is 5.75. The lowest BCUT2D eigenvalue weighted by molar-refractivity contribution is -0.122. The number of rotatable bonds is 4. The molecule has 2 atom stereocenters. The molecule has 2 N–H and O–H groups in total. The maximum absolute atomic E-state index is 11.2. The minimum atomic E-state index is -0.872. The van der Waals surface area contributed by atoms with Crippen molar-refractivity contribution in [3.8, 4) is 0 Å². The molecule has 1 rings (SSSR count). The second kappa shape index (κ2) is 4.75. The Morgan fingerprint density at radius 2 is 2.43 bits per heavy atom. The van der Waals surface area contributed by atoms with Crippen LogP contribution in [0, 0.1) is 0 Å². The quantitative estimate of drug-likeness (QED) is 0.694. The van der Waals surface area contributed by atoms with Crippen molar-refractivity contribution in [3.63, 3.8) is 0 Å². The summed E-state index contributed by atoms with van der Waals surface area (Å²) in [5, 5.41) is 12.8. The summed E-state index contributed by atoms with van der Waals surface area (Å²) in [5.41, 5.74) is -0.872. The van der Waals surface area contributed by atoms with Gasteiger partial charge < -0.3 is 15.2 Å². The molecule has 0 saturated carbocycles. The molecule has 0 aromatic heterocycles. The van der Waals surface area contributed by atoms with Crippen LogP contribution in [0.3, 0.4) is 0 Å². The standard InChI is InChI=1S/C10H19NO3/c1-3-4-9(12)11-7-10(13)5-6-14-8(10)2/h8,13H,3-7H2,1-2H3,(H,11,12). The van der Waals surface area contributed by atoms with E-state index in [4.69, 9.17) is 4.74 Å². The first-order valence-corrected chi connectivity index (χ1v) is 5.19. The number of hydrogen-bond donors (Lipinski definition) is 2. The summed E-state index contributed by atoms with van der Waals surface area (Å²) in [4.78, 5) is 11.2. The second-order valence-corrected chi connectivity index (χ2v) is 3.89. The zero-order valence-corrected chi connectivity index (χ0v) is 8.88. The van der Waals surface area contributed by atoms with Crippen LogP contribution in [0.15, 0.2) is 0 Å². The highest BCUT2D eigenvalue weighted by Crippen LogP contribution is 2.24. The Hall–Kier alpha value is -0.610. The summed E-state index contributed by atoms with van der Waals surface area (Å²) in [6.07, 6.45) is 1.76. The van der Waals surface area contributed by atoms with Crippen LogP contribution in [-0.4, -0.2) is 35.9 Å². The zero-order valence-electron chi connectivity index (χ0n) is 8.88. The van der Waals surface area contributed by atoms with Crippen LogP contribution in [-0.2, 0) is 9.53 Å². The highest BCUT2D eigenvalue weighted by atomic mass is 16.5. The monoisotopic (exact) mass is 201 g/mol. The fraction of sp³-hybridized carbons (Fsp3) is 0.900. The predicted molar refractivity (Wildman–Crippen MR) is 52.9 cm³/mol. The van der Waals surface area contributed by atoms with Gasteiger partial charge in [-0.15, -0.1) is 0 Å². The molecule has 1 aliphatic rings. The number of ether oxygens (including phenoxy) is 1. The Morgan fingerprint density at radius 3 is 2.93 bits per heavy atom. The maximum Gasteiger partial charge on any atom is 0.220 e. The van der Waals surface area contributed by atoms with Crippen molar-refractivity contribution in [2.45, 2.75) is 44.8 Å². The van der Waals surface area contributed by atoms with E-state index in [1.54, 1.807) is 0 Å². The van der Waals surface area contributed by atoms with Gasteiger partial charge in [0.25, 0.3) is 0 Å². The molecule has 0 spiro atoms. The molecule has 0 bridgehead atoms. The van der Waals surface area contributed by atoms with E-state index in [1.807, 2.05) is 13.8 Å². The van der Waals surface area contributed by atoms with E-state index in [2.05, 4.69) is 5.32 Å². The van der Waals surface area contributed by atoms with E-state index >= 15 is 0 Å². The third-order valence-electron chi connectivity index (χ3n) is 2.73. The van der Waals surface area contributed by atoms with Gasteiger partial charge in [-0.05, 0) is 13.3 Å². The molecule has 1 aliphatic heterocycles. The Balaban J connectivity index is 2.32. The largest absolute Gasteiger partial charge is 0.385 e. The van der Waals surface area contributed by atoms with Crippen molar-refractivity contribution in [2.24, 2.45) is 0 Å². The molecule has 4 nitrogen and oxygen atoms in total. The fourth-order valence-corrected chi connectivity index (χ4v) is 1.57. The van der Waals surface area contributed by atoms with E-state index in [0.29, 0.717) is 26.0 Å². The summed E-state index contributed by atoms with van der Waals surface area (Å²) >= 11 is 0. The molecule has 1 fully saturated rings. The van der Waals surface area contributed by atoms with Crippen LogP contribution < -0.4 is 5.32 Å². The molecular formula is C10H19NO3. The average Bonchev–Trinajstić information content (AvgIpc) is 2.46. The van der Waals surface area contributed by atoms with Crippen LogP contribution >= 0.6 is 0 Å². The summed E-state index contributed by atoms with van der Waals surface area (Å²) < 4.78 is 5.26. The summed E-state index contributed by atoms with van der Waals surface area (Å²) in [6, 6.07) is 0. The number of nitrogens with one attached hydrogen (secondary N) is 1. The Morgan fingerprint density at radius 1 is 1.71 bits per heavy atom. The van der Waals surface area contributed by atoms with E-state index in [-0.39, 0.29) is 12.0 Å². The van der Waals surface area contributed by atoms with Crippen LogP contribution in [0.2, 0.25) is 0 Å². The predicted octanol–water partition coefficient (Wildman–Crippen LogP) is 0.443. The van der Waals surface area contributed by atoms with Gasteiger partial charge >= 0.3 is 0 Å². The number of aliphatic hydroxyl groups is 1. The van der Waals surface area contributed by atoms with E-state index in [1.165, 1.54) is 0 Å². The molecule has 4 heteroatoms. The van der Waals surface area contributed by atoms with Crippen molar-refractivity contribution in [1.29, 1.82) is 0 Å². The number of hydrogen-bond acceptors (Lipinski definition) is 3. The van der Waals surface area contributed by atoms with Crippen molar-refractivity contribution < 1.29 is 14.6 Å². The highest BCUT2D eigenvalue weighted by Gasteiger charge is 2.39. The molecular weight excluding hydrogens is 182 g/mol. The normalized spacial score (nSPS) is 31.8. The molecule has 0 radical (unpaired) electrons.